The van der Waals surface area contributed by atoms with Crippen LogP contribution in [0.1, 0.15) is 17.2 Å². The summed E-state index contributed by atoms with van der Waals surface area (Å²) in [4.78, 5) is 0.828. The van der Waals surface area contributed by atoms with Crippen molar-refractivity contribution in [2.75, 3.05) is 28.4 Å². The average Bonchev–Trinajstić information content (AvgIpc) is 3.22. The van der Waals surface area contributed by atoms with E-state index < -0.39 is 6.10 Å². The number of phenolic OH excluding ortho intramolecular Hbond substituents is 1. The van der Waals surface area contributed by atoms with Crippen LogP contribution in [-0.2, 0) is 0 Å². The van der Waals surface area contributed by atoms with Crippen LogP contribution in [0.15, 0.2) is 41.8 Å². The molecule has 0 saturated heterocycles. The first-order chi connectivity index (χ1) is 13.5. The summed E-state index contributed by atoms with van der Waals surface area (Å²) < 4.78 is 21.4. The van der Waals surface area contributed by atoms with Gasteiger partial charge in [-0.25, -0.2) is 0 Å². The first-order valence-corrected chi connectivity index (χ1v) is 9.35. The predicted octanol–water partition coefficient (Wildman–Crippen LogP) is 4.24. The highest BCUT2D eigenvalue weighted by molar-refractivity contribution is 7.13. The summed E-state index contributed by atoms with van der Waals surface area (Å²) in [5.41, 5.74) is 1.83. The van der Waals surface area contributed by atoms with E-state index in [0.29, 0.717) is 34.1 Å². The lowest BCUT2D eigenvalue weighted by atomic mass is 9.98. The number of ether oxygens (including phenoxy) is 4. The SMILES string of the molecule is COc1cccc(C(O)c2ccsc2-c2cc(OC)c(OC)c(OC)c2)c1O. The highest BCUT2D eigenvalue weighted by Crippen LogP contribution is 2.46. The summed E-state index contributed by atoms with van der Waals surface area (Å²) >= 11 is 1.47. The van der Waals surface area contributed by atoms with Gasteiger partial charge in [0.25, 0.3) is 0 Å². The molecule has 1 aromatic heterocycles. The number of hydrogen-bond donors (Lipinski definition) is 2. The summed E-state index contributed by atoms with van der Waals surface area (Å²) in [6.07, 6.45) is -1.03. The second-order valence-electron chi connectivity index (χ2n) is 5.92. The van der Waals surface area contributed by atoms with Crippen molar-refractivity contribution in [3.05, 3.63) is 52.9 Å². The van der Waals surface area contributed by atoms with E-state index in [9.17, 15) is 10.2 Å². The molecule has 2 N–H and O–H groups in total. The molecule has 0 radical (unpaired) electrons. The molecule has 6 nitrogen and oxygen atoms in total. The number of para-hydroxylation sites is 1. The minimum atomic E-state index is -1.03. The molecule has 1 unspecified atom stereocenters. The van der Waals surface area contributed by atoms with Crippen LogP contribution in [0.3, 0.4) is 0 Å². The molecule has 0 fully saturated rings. The molecule has 148 valence electrons. The Morgan fingerprint density at radius 3 is 2.04 bits per heavy atom. The first-order valence-electron chi connectivity index (χ1n) is 8.47. The fraction of sp³-hybridized carbons (Fsp3) is 0.238. The Kier molecular flexibility index (Phi) is 5.96. The van der Waals surface area contributed by atoms with Crippen molar-refractivity contribution in [3.63, 3.8) is 0 Å². The smallest absolute Gasteiger partial charge is 0.203 e. The van der Waals surface area contributed by atoms with Gasteiger partial charge in [0, 0.05) is 16.0 Å². The molecule has 1 heterocycles. The van der Waals surface area contributed by atoms with Crippen LogP contribution in [0, 0.1) is 0 Å². The largest absolute Gasteiger partial charge is 0.504 e. The van der Waals surface area contributed by atoms with Gasteiger partial charge >= 0.3 is 0 Å². The molecule has 0 amide bonds. The Morgan fingerprint density at radius 2 is 1.46 bits per heavy atom. The molecule has 0 bridgehead atoms. The molecule has 28 heavy (non-hydrogen) atoms. The highest BCUT2D eigenvalue weighted by atomic mass is 32.1. The Labute approximate surface area is 167 Å². The van der Waals surface area contributed by atoms with Crippen molar-refractivity contribution in [3.8, 4) is 39.2 Å². The maximum atomic E-state index is 11.0. The van der Waals surface area contributed by atoms with Crippen LogP contribution in [0.25, 0.3) is 10.4 Å². The Morgan fingerprint density at radius 1 is 0.821 bits per heavy atom. The van der Waals surface area contributed by atoms with Gasteiger partial charge in [-0.05, 0) is 35.2 Å². The molecule has 0 aliphatic heterocycles. The first kappa shape index (κ1) is 19.9. The van der Waals surface area contributed by atoms with Crippen LogP contribution < -0.4 is 18.9 Å². The Bertz CT molecular complexity index is 940. The molecule has 0 aliphatic carbocycles. The average molecular weight is 402 g/mol. The summed E-state index contributed by atoms with van der Waals surface area (Å²) in [6, 6.07) is 10.5. The van der Waals surface area contributed by atoms with Gasteiger partial charge in [-0.15, -0.1) is 11.3 Å². The predicted molar refractivity (Wildman–Crippen MR) is 108 cm³/mol. The Hall–Kier alpha value is -2.90. The minimum Gasteiger partial charge on any atom is -0.504 e. The van der Waals surface area contributed by atoms with E-state index in [1.54, 1.807) is 39.5 Å². The van der Waals surface area contributed by atoms with Crippen LogP contribution >= 0.6 is 11.3 Å². The fourth-order valence-corrected chi connectivity index (χ4v) is 3.99. The second-order valence-corrected chi connectivity index (χ2v) is 6.84. The lowest BCUT2D eigenvalue weighted by Crippen LogP contribution is -2.01. The molecule has 2 aromatic carbocycles. The lowest BCUT2D eigenvalue weighted by Gasteiger charge is -2.17. The minimum absolute atomic E-state index is 0.0838. The van der Waals surface area contributed by atoms with E-state index in [-0.39, 0.29) is 5.75 Å². The molecular formula is C21H22O6S. The summed E-state index contributed by atoms with van der Waals surface area (Å²) in [5.74, 6) is 1.77. The summed E-state index contributed by atoms with van der Waals surface area (Å²) in [5, 5.41) is 23.3. The maximum absolute atomic E-state index is 11.0. The standard InChI is InChI=1S/C21H22O6S/c1-24-15-7-5-6-13(19(15)23)18(22)14-8-9-28-21(14)12-10-16(25-2)20(27-4)17(11-12)26-3/h5-11,18,22-23H,1-4H3. The number of benzene rings is 2. The van der Waals surface area contributed by atoms with Crippen molar-refractivity contribution in [1.82, 2.24) is 0 Å². The zero-order valence-corrected chi connectivity index (χ0v) is 16.9. The number of aliphatic hydroxyl groups excluding tert-OH is 1. The van der Waals surface area contributed by atoms with Gasteiger partial charge in [-0.1, -0.05) is 12.1 Å². The van der Waals surface area contributed by atoms with Gasteiger partial charge in [0.05, 0.1) is 28.4 Å². The van der Waals surface area contributed by atoms with Crippen molar-refractivity contribution in [2.45, 2.75) is 6.10 Å². The molecule has 0 aliphatic rings. The third-order valence-corrected chi connectivity index (χ3v) is 5.44. The maximum Gasteiger partial charge on any atom is 0.203 e. The van der Waals surface area contributed by atoms with Crippen LogP contribution in [0.5, 0.6) is 28.7 Å². The van der Waals surface area contributed by atoms with Crippen molar-refractivity contribution in [1.29, 1.82) is 0 Å². The van der Waals surface area contributed by atoms with E-state index in [4.69, 9.17) is 18.9 Å². The third-order valence-electron chi connectivity index (χ3n) is 4.46. The zero-order valence-electron chi connectivity index (χ0n) is 16.1. The normalized spacial score (nSPS) is 11.8. The second kappa shape index (κ2) is 8.41. The number of aromatic hydroxyl groups is 1. The number of hydrogen-bond acceptors (Lipinski definition) is 7. The number of phenols is 1. The van der Waals surface area contributed by atoms with E-state index in [0.717, 1.165) is 10.4 Å². The van der Waals surface area contributed by atoms with Crippen molar-refractivity contribution in [2.24, 2.45) is 0 Å². The van der Waals surface area contributed by atoms with Gasteiger partial charge in [0.15, 0.2) is 23.0 Å². The number of rotatable bonds is 7. The van der Waals surface area contributed by atoms with E-state index >= 15 is 0 Å². The molecule has 3 aromatic rings. The van der Waals surface area contributed by atoms with Crippen LogP contribution in [-0.4, -0.2) is 38.7 Å². The van der Waals surface area contributed by atoms with E-state index in [2.05, 4.69) is 0 Å². The van der Waals surface area contributed by atoms with Gasteiger partial charge < -0.3 is 29.2 Å². The summed E-state index contributed by atoms with van der Waals surface area (Å²) in [7, 11) is 6.13. The summed E-state index contributed by atoms with van der Waals surface area (Å²) in [6.45, 7) is 0. The molecule has 7 heteroatoms. The highest BCUT2D eigenvalue weighted by Gasteiger charge is 2.23. The molecule has 0 spiro atoms. The number of aliphatic hydroxyl groups is 1. The van der Waals surface area contributed by atoms with E-state index in [1.807, 2.05) is 23.6 Å². The van der Waals surface area contributed by atoms with Gasteiger partial charge in [0.1, 0.15) is 6.10 Å². The number of methoxy groups -OCH3 is 4. The topological polar surface area (TPSA) is 77.4 Å². The number of thiophene rings is 1. The Balaban J connectivity index is 2.10. The molecule has 0 saturated carbocycles. The monoisotopic (exact) mass is 402 g/mol. The zero-order chi connectivity index (χ0) is 20.3. The fourth-order valence-electron chi connectivity index (χ4n) is 3.07. The van der Waals surface area contributed by atoms with Gasteiger partial charge in [-0.2, -0.15) is 0 Å². The van der Waals surface area contributed by atoms with E-state index in [1.165, 1.54) is 18.4 Å². The van der Waals surface area contributed by atoms with Crippen molar-refractivity contribution < 1.29 is 29.2 Å². The third kappa shape index (κ3) is 3.46. The van der Waals surface area contributed by atoms with Gasteiger partial charge in [-0.3, -0.25) is 0 Å². The van der Waals surface area contributed by atoms with Gasteiger partial charge in [0.2, 0.25) is 5.75 Å². The van der Waals surface area contributed by atoms with Crippen molar-refractivity contribution >= 4 is 11.3 Å². The van der Waals surface area contributed by atoms with Crippen LogP contribution in [0.2, 0.25) is 0 Å². The molecular weight excluding hydrogens is 380 g/mol. The molecule has 3 rings (SSSR count). The van der Waals surface area contributed by atoms with Crippen LogP contribution in [0.4, 0.5) is 0 Å². The quantitative estimate of drug-likeness (QED) is 0.616. The lowest BCUT2D eigenvalue weighted by molar-refractivity contribution is 0.215. The molecule has 1 atom stereocenters.